The van der Waals surface area contributed by atoms with E-state index in [0.717, 1.165) is 40.3 Å². The number of carbonyl (C=O) groups is 1. The number of aryl methyl sites for hydroxylation is 1. The van der Waals surface area contributed by atoms with Crippen LogP contribution in [0.1, 0.15) is 55.1 Å². The van der Waals surface area contributed by atoms with E-state index in [9.17, 15) is 9.18 Å². The van der Waals surface area contributed by atoms with Crippen molar-refractivity contribution in [2.75, 3.05) is 20.7 Å². The molecule has 0 aliphatic heterocycles. The Hall–Kier alpha value is -3.52. The summed E-state index contributed by atoms with van der Waals surface area (Å²) in [6, 6.07) is 8.49. The maximum absolute atomic E-state index is 14.2. The summed E-state index contributed by atoms with van der Waals surface area (Å²) in [4.78, 5) is 19.2. The molecule has 0 atom stereocenters. The smallest absolute Gasteiger partial charge is 0.185 e. The van der Waals surface area contributed by atoms with Crippen molar-refractivity contribution in [3.05, 3.63) is 71.2 Å². The molecule has 0 spiro atoms. The third-order valence-electron chi connectivity index (χ3n) is 6.14. The molecule has 7 nitrogen and oxygen atoms in total. The Balaban J connectivity index is 0.00000186. The van der Waals surface area contributed by atoms with Gasteiger partial charge >= 0.3 is 0 Å². The number of Topliss-reactive ketones (excluding diaryl/α,β-unsaturated/α-hetero) is 1. The zero-order chi connectivity index (χ0) is 27.3. The van der Waals surface area contributed by atoms with E-state index in [1.807, 2.05) is 84.7 Å². The second-order valence-corrected chi connectivity index (χ2v) is 9.43. The van der Waals surface area contributed by atoms with Gasteiger partial charge in [0.05, 0.1) is 18.5 Å². The predicted octanol–water partition coefficient (Wildman–Crippen LogP) is 5.73. The highest BCUT2D eigenvalue weighted by Crippen LogP contribution is 2.32. The number of halogens is 1. The summed E-state index contributed by atoms with van der Waals surface area (Å²) >= 11 is 0. The molecule has 0 unspecified atom stereocenters. The summed E-state index contributed by atoms with van der Waals surface area (Å²) in [6.07, 6.45) is 4.37. The molecule has 3 aromatic heterocycles. The third-order valence-corrected chi connectivity index (χ3v) is 6.14. The van der Waals surface area contributed by atoms with Crippen molar-refractivity contribution in [1.29, 1.82) is 0 Å². The Kier molecular flexibility index (Phi) is 9.21. The highest BCUT2D eigenvalue weighted by Gasteiger charge is 2.22. The molecule has 0 aliphatic carbocycles. The molecular weight excluding hydrogens is 469 g/mol. The molecule has 0 saturated heterocycles. The minimum absolute atomic E-state index is 0.0114. The number of imidazole rings is 1. The Morgan fingerprint density at radius 3 is 2.57 bits per heavy atom. The van der Waals surface area contributed by atoms with Crippen LogP contribution in [0.5, 0.6) is 5.75 Å². The molecule has 4 rings (SSSR count). The van der Waals surface area contributed by atoms with Gasteiger partial charge in [-0.05, 0) is 45.3 Å². The first-order valence-corrected chi connectivity index (χ1v) is 12.8. The molecule has 3 heterocycles. The quantitative estimate of drug-likeness (QED) is 0.271. The zero-order valence-electron chi connectivity index (χ0n) is 23.2. The molecule has 4 aromatic rings. The lowest BCUT2D eigenvalue weighted by atomic mass is 10.0. The van der Waals surface area contributed by atoms with Crippen molar-refractivity contribution < 1.29 is 13.9 Å². The Labute approximate surface area is 218 Å². The first-order valence-electron chi connectivity index (χ1n) is 12.8. The summed E-state index contributed by atoms with van der Waals surface area (Å²) in [6.45, 7) is 10.7. The fraction of sp³-hybridized carbons (Fsp3) is 0.414. The van der Waals surface area contributed by atoms with Crippen molar-refractivity contribution >= 4 is 11.4 Å². The van der Waals surface area contributed by atoms with Crippen molar-refractivity contribution in [1.82, 2.24) is 24.1 Å². The zero-order valence-corrected chi connectivity index (χ0v) is 23.2. The number of ether oxygens (including phenoxy) is 1. The van der Waals surface area contributed by atoms with Crippen molar-refractivity contribution in [3.63, 3.8) is 0 Å². The van der Waals surface area contributed by atoms with Crippen LogP contribution in [-0.4, -0.2) is 50.6 Å². The Morgan fingerprint density at radius 1 is 1.16 bits per heavy atom. The average Bonchev–Trinajstić information content (AvgIpc) is 3.39. The van der Waals surface area contributed by atoms with Crippen molar-refractivity contribution in [3.8, 4) is 16.9 Å². The summed E-state index contributed by atoms with van der Waals surface area (Å²) < 4.78 is 24.1. The first-order chi connectivity index (χ1) is 17.7. The van der Waals surface area contributed by atoms with Gasteiger partial charge in [-0.2, -0.15) is 5.10 Å². The van der Waals surface area contributed by atoms with Gasteiger partial charge in [0, 0.05) is 60.6 Å². The molecule has 0 aliphatic rings. The van der Waals surface area contributed by atoms with E-state index in [0.29, 0.717) is 24.5 Å². The number of aromatic nitrogens is 4. The van der Waals surface area contributed by atoms with E-state index in [1.54, 1.807) is 10.7 Å². The molecule has 37 heavy (non-hydrogen) atoms. The summed E-state index contributed by atoms with van der Waals surface area (Å²) in [5.41, 5.74) is 5.89. The lowest BCUT2D eigenvalue weighted by Crippen LogP contribution is -2.13. The van der Waals surface area contributed by atoms with Gasteiger partial charge in [-0.25, -0.2) is 9.37 Å². The maximum atomic E-state index is 14.2. The second-order valence-electron chi connectivity index (χ2n) is 9.43. The van der Waals surface area contributed by atoms with Crippen LogP contribution in [-0.2, 0) is 20.0 Å². The second kappa shape index (κ2) is 12.1. The fourth-order valence-electron chi connectivity index (χ4n) is 4.17. The van der Waals surface area contributed by atoms with Crippen LogP contribution in [0, 0.1) is 18.7 Å². The van der Waals surface area contributed by atoms with Gasteiger partial charge in [0.1, 0.15) is 22.9 Å². The molecule has 8 heteroatoms. The first kappa shape index (κ1) is 28.1. The normalized spacial score (nSPS) is 11.2. The van der Waals surface area contributed by atoms with Crippen molar-refractivity contribution in [2.24, 2.45) is 13.0 Å². The molecule has 0 amide bonds. The average molecular weight is 508 g/mol. The predicted molar refractivity (Wildman–Crippen MR) is 146 cm³/mol. The number of ketones is 1. The van der Waals surface area contributed by atoms with Gasteiger partial charge in [-0.3, -0.25) is 9.48 Å². The van der Waals surface area contributed by atoms with Crippen molar-refractivity contribution in [2.45, 2.75) is 47.6 Å². The highest BCUT2D eigenvalue weighted by atomic mass is 19.1. The van der Waals surface area contributed by atoms with Crippen LogP contribution in [0.3, 0.4) is 0 Å². The lowest BCUT2D eigenvalue weighted by Gasteiger charge is -2.14. The van der Waals surface area contributed by atoms with E-state index in [2.05, 4.69) is 15.0 Å². The minimum atomic E-state index is -0.367. The molecule has 0 saturated carbocycles. The van der Waals surface area contributed by atoms with Crippen LogP contribution >= 0.6 is 0 Å². The van der Waals surface area contributed by atoms with Crippen LogP contribution < -0.4 is 4.74 Å². The highest BCUT2D eigenvalue weighted by molar-refractivity contribution is 5.97. The van der Waals surface area contributed by atoms with Gasteiger partial charge in [-0.1, -0.05) is 27.7 Å². The topological polar surface area (TPSA) is 64.7 Å². The number of rotatable bonds is 9. The molecule has 198 valence electrons. The summed E-state index contributed by atoms with van der Waals surface area (Å²) in [7, 11) is 5.86. The number of nitrogens with zero attached hydrogens (tertiary/aromatic N) is 5. The van der Waals surface area contributed by atoms with E-state index in [1.165, 1.54) is 12.1 Å². The summed E-state index contributed by atoms with van der Waals surface area (Å²) in [5.74, 6) is -0.0440. The summed E-state index contributed by atoms with van der Waals surface area (Å²) in [5, 5.41) is 4.43. The largest absolute Gasteiger partial charge is 0.492 e. The lowest BCUT2D eigenvalue weighted by molar-refractivity contribution is 0.0932. The number of carbonyl (C=O) groups excluding carboxylic acids is 1. The monoisotopic (exact) mass is 507 g/mol. The molecule has 1 aromatic carbocycles. The molecule has 0 bridgehead atoms. The number of hydrogen-bond donors (Lipinski definition) is 0. The maximum Gasteiger partial charge on any atom is 0.185 e. The van der Waals surface area contributed by atoms with E-state index >= 15 is 0 Å². The SMILES string of the molecule is CC.Cc1c(CCOc2cc(F)ccc2-c2ccc3ncc(CN(C)C)n3c2)c(C(=O)C(C)C)nn1C. The molecule has 0 N–H and O–H groups in total. The fourth-order valence-corrected chi connectivity index (χ4v) is 4.17. The van der Waals surface area contributed by atoms with E-state index in [-0.39, 0.29) is 17.5 Å². The van der Waals surface area contributed by atoms with Gasteiger partial charge in [0.25, 0.3) is 0 Å². The number of benzene rings is 1. The van der Waals surface area contributed by atoms with Crippen LogP contribution in [0.15, 0.2) is 42.7 Å². The number of hydrogen-bond acceptors (Lipinski definition) is 5. The molecular formula is C29H38FN5O2. The van der Waals surface area contributed by atoms with Gasteiger partial charge in [-0.15, -0.1) is 0 Å². The van der Waals surface area contributed by atoms with E-state index < -0.39 is 0 Å². The number of pyridine rings is 1. The van der Waals surface area contributed by atoms with Crippen LogP contribution in [0.25, 0.3) is 16.8 Å². The minimum Gasteiger partial charge on any atom is -0.492 e. The standard InChI is InChI=1S/C27H32FN5O2.C2H6/c1-17(2)27(34)26-22(18(3)32(6)30-26)11-12-35-24-13-20(28)8-9-23(24)19-7-10-25-29-14-21(16-31(4)5)33(25)15-19;1-2/h7-10,13-15,17H,11-12,16H2,1-6H3;1-2H3. The molecule has 0 fully saturated rings. The van der Waals surface area contributed by atoms with Gasteiger partial charge in [0.2, 0.25) is 0 Å². The third kappa shape index (κ3) is 6.25. The molecule has 0 radical (unpaired) electrons. The van der Waals surface area contributed by atoms with Crippen LogP contribution in [0.2, 0.25) is 0 Å². The van der Waals surface area contributed by atoms with E-state index in [4.69, 9.17) is 4.74 Å². The van der Waals surface area contributed by atoms with Crippen LogP contribution in [0.4, 0.5) is 4.39 Å². The number of fused-ring (bicyclic) bond motifs is 1. The van der Waals surface area contributed by atoms with Gasteiger partial charge < -0.3 is 14.0 Å². The Morgan fingerprint density at radius 2 is 1.89 bits per heavy atom. The Bertz CT molecular complexity index is 1370. The van der Waals surface area contributed by atoms with Gasteiger partial charge in [0.15, 0.2) is 5.78 Å².